The number of nitrogens with two attached hydrogens (primary N) is 1. The average molecular weight is 267 g/mol. The molecule has 2 atom stereocenters. The highest BCUT2D eigenvalue weighted by molar-refractivity contribution is 5.80. The molecule has 20 heavy (non-hydrogen) atoms. The van der Waals surface area contributed by atoms with Gasteiger partial charge in [-0.1, -0.05) is 18.2 Å². The van der Waals surface area contributed by atoms with E-state index in [0.29, 0.717) is 11.4 Å². The van der Waals surface area contributed by atoms with Crippen LogP contribution >= 0.6 is 0 Å². The van der Waals surface area contributed by atoms with E-state index in [-0.39, 0.29) is 12.1 Å². The third-order valence-electron chi connectivity index (χ3n) is 3.75. The third kappa shape index (κ3) is 2.59. The van der Waals surface area contributed by atoms with Crippen molar-refractivity contribution in [1.82, 2.24) is 4.98 Å². The van der Waals surface area contributed by atoms with Gasteiger partial charge in [-0.25, -0.2) is 4.98 Å². The first kappa shape index (κ1) is 12.9. The SMILES string of the molecule is N#Cc1cc2ccccc2nc1OC1CCCC(N)C1. The highest BCUT2D eigenvalue weighted by atomic mass is 16.5. The molecule has 0 radical (unpaired) electrons. The molecule has 1 heterocycles. The van der Waals surface area contributed by atoms with Crippen molar-refractivity contribution < 1.29 is 4.74 Å². The second kappa shape index (κ2) is 5.48. The lowest BCUT2D eigenvalue weighted by Crippen LogP contribution is -2.34. The molecule has 4 nitrogen and oxygen atoms in total. The minimum Gasteiger partial charge on any atom is -0.473 e. The van der Waals surface area contributed by atoms with Gasteiger partial charge in [-0.05, 0) is 37.8 Å². The molecule has 0 aliphatic heterocycles. The molecule has 1 aliphatic rings. The Morgan fingerprint density at radius 2 is 2.15 bits per heavy atom. The monoisotopic (exact) mass is 267 g/mol. The van der Waals surface area contributed by atoms with Crippen molar-refractivity contribution in [3.63, 3.8) is 0 Å². The number of para-hydroxylation sites is 1. The smallest absolute Gasteiger partial charge is 0.232 e. The molecular formula is C16H17N3O. The van der Waals surface area contributed by atoms with Gasteiger partial charge >= 0.3 is 0 Å². The second-order valence-electron chi connectivity index (χ2n) is 5.31. The number of hydrogen-bond donors (Lipinski definition) is 1. The van der Waals surface area contributed by atoms with Crippen molar-refractivity contribution in [2.45, 2.75) is 37.8 Å². The molecule has 2 N–H and O–H groups in total. The van der Waals surface area contributed by atoms with Crippen molar-refractivity contribution in [1.29, 1.82) is 5.26 Å². The molecule has 0 bridgehead atoms. The number of fused-ring (bicyclic) bond motifs is 1. The summed E-state index contributed by atoms with van der Waals surface area (Å²) in [6.45, 7) is 0. The first-order valence-electron chi connectivity index (χ1n) is 6.98. The van der Waals surface area contributed by atoms with E-state index in [1.54, 1.807) is 0 Å². The minimum absolute atomic E-state index is 0.0690. The number of nitriles is 1. The van der Waals surface area contributed by atoms with Crippen LogP contribution in [0.15, 0.2) is 30.3 Å². The van der Waals surface area contributed by atoms with Gasteiger partial charge in [-0.3, -0.25) is 0 Å². The van der Waals surface area contributed by atoms with Crippen LogP contribution in [-0.2, 0) is 0 Å². The summed E-state index contributed by atoms with van der Waals surface area (Å²) in [5.74, 6) is 0.435. The Hall–Kier alpha value is -2.12. The summed E-state index contributed by atoms with van der Waals surface area (Å²) >= 11 is 0. The zero-order valence-electron chi connectivity index (χ0n) is 11.2. The van der Waals surface area contributed by atoms with Gasteiger partial charge in [0.1, 0.15) is 17.7 Å². The van der Waals surface area contributed by atoms with Crippen molar-refractivity contribution in [2.24, 2.45) is 5.73 Å². The average Bonchev–Trinajstić information content (AvgIpc) is 2.46. The first-order chi connectivity index (χ1) is 9.76. The molecule has 1 saturated carbocycles. The predicted molar refractivity (Wildman–Crippen MR) is 77.3 cm³/mol. The minimum atomic E-state index is 0.0690. The van der Waals surface area contributed by atoms with Crippen LogP contribution < -0.4 is 10.5 Å². The van der Waals surface area contributed by atoms with Crippen molar-refractivity contribution in [2.75, 3.05) is 0 Å². The van der Waals surface area contributed by atoms with Crippen LogP contribution in [0.3, 0.4) is 0 Å². The van der Waals surface area contributed by atoms with Crippen LogP contribution in [0.2, 0.25) is 0 Å². The zero-order chi connectivity index (χ0) is 13.9. The van der Waals surface area contributed by atoms with Gasteiger partial charge in [0.15, 0.2) is 0 Å². The van der Waals surface area contributed by atoms with Crippen LogP contribution in [0, 0.1) is 11.3 Å². The van der Waals surface area contributed by atoms with Crippen LogP contribution in [0.1, 0.15) is 31.2 Å². The van der Waals surface area contributed by atoms with Crippen molar-refractivity contribution >= 4 is 10.9 Å². The maximum Gasteiger partial charge on any atom is 0.232 e. The standard InChI is InChI=1S/C16H17N3O/c17-10-12-8-11-4-1-2-7-15(11)19-16(12)20-14-6-3-5-13(18)9-14/h1-2,4,7-8,13-14H,3,5-6,9,18H2. The molecule has 0 spiro atoms. The summed E-state index contributed by atoms with van der Waals surface area (Å²) in [5.41, 5.74) is 7.31. The molecule has 102 valence electrons. The lowest BCUT2D eigenvalue weighted by atomic mass is 9.93. The predicted octanol–water partition coefficient (Wildman–Crippen LogP) is 2.76. The lowest BCUT2D eigenvalue weighted by molar-refractivity contribution is 0.138. The van der Waals surface area contributed by atoms with E-state index in [0.717, 1.165) is 36.6 Å². The maximum atomic E-state index is 9.26. The molecule has 0 saturated heterocycles. The van der Waals surface area contributed by atoms with E-state index in [9.17, 15) is 5.26 Å². The number of benzene rings is 1. The number of nitrogens with zero attached hydrogens (tertiary/aromatic N) is 2. The van der Waals surface area contributed by atoms with Gasteiger partial charge in [0.05, 0.1) is 5.52 Å². The molecule has 1 aromatic carbocycles. The van der Waals surface area contributed by atoms with E-state index < -0.39 is 0 Å². The topological polar surface area (TPSA) is 71.9 Å². The van der Waals surface area contributed by atoms with Gasteiger partial charge in [0, 0.05) is 11.4 Å². The van der Waals surface area contributed by atoms with Crippen LogP contribution in [-0.4, -0.2) is 17.1 Å². The molecule has 0 amide bonds. The van der Waals surface area contributed by atoms with Crippen molar-refractivity contribution in [3.8, 4) is 11.9 Å². The van der Waals surface area contributed by atoms with Gasteiger partial charge in [-0.2, -0.15) is 5.26 Å². The van der Waals surface area contributed by atoms with E-state index in [2.05, 4.69) is 11.1 Å². The summed E-state index contributed by atoms with van der Waals surface area (Å²) in [6.07, 6.45) is 4.00. The Morgan fingerprint density at radius 1 is 1.30 bits per heavy atom. The fourth-order valence-corrected chi connectivity index (χ4v) is 2.71. The molecule has 4 heteroatoms. The summed E-state index contributed by atoms with van der Waals surface area (Å²) in [4.78, 5) is 4.48. The van der Waals surface area contributed by atoms with Gasteiger partial charge < -0.3 is 10.5 Å². The van der Waals surface area contributed by atoms with Gasteiger partial charge in [0.25, 0.3) is 0 Å². The number of ether oxygens (including phenoxy) is 1. The van der Waals surface area contributed by atoms with Crippen LogP contribution in [0.25, 0.3) is 10.9 Å². The van der Waals surface area contributed by atoms with E-state index in [1.165, 1.54) is 0 Å². The van der Waals surface area contributed by atoms with Crippen molar-refractivity contribution in [3.05, 3.63) is 35.9 Å². The number of hydrogen-bond acceptors (Lipinski definition) is 4. The molecule has 2 unspecified atom stereocenters. The molecule has 2 aromatic rings. The maximum absolute atomic E-state index is 9.26. The quantitative estimate of drug-likeness (QED) is 0.908. The zero-order valence-corrected chi connectivity index (χ0v) is 11.2. The van der Waals surface area contributed by atoms with E-state index in [1.807, 2.05) is 30.3 Å². The lowest BCUT2D eigenvalue weighted by Gasteiger charge is -2.27. The van der Waals surface area contributed by atoms with Crippen LogP contribution in [0.4, 0.5) is 0 Å². The summed E-state index contributed by atoms with van der Waals surface area (Å²) in [7, 11) is 0. The number of aromatic nitrogens is 1. The first-order valence-corrected chi connectivity index (χ1v) is 6.98. The Labute approximate surface area is 118 Å². The fourth-order valence-electron chi connectivity index (χ4n) is 2.71. The van der Waals surface area contributed by atoms with E-state index in [4.69, 9.17) is 10.5 Å². The largest absolute Gasteiger partial charge is 0.473 e. The Kier molecular flexibility index (Phi) is 3.53. The third-order valence-corrected chi connectivity index (χ3v) is 3.75. The highest BCUT2D eigenvalue weighted by Crippen LogP contribution is 2.26. The normalized spacial score (nSPS) is 22.4. The Morgan fingerprint density at radius 3 is 2.95 bits per heavy atom. The highest BCUT2D eigenvalue weighted by Gasteiger charge is 2.22. The van der Waals surface area contributed by atoms with Gasteiger partial charge in [-0.15, -0.1) is 0 Å². The molecule has 1 aromatic heterocycles. The molecule has 1 aliphatic carbocycles. The molecule has 1 fully saturated rings. The molecule has 3 rings (SSSR count). The Balaban J connectivity index is 1.91. The summed E-state index contributed by atoms with van der Waals surface area (Å²) < 4.78 is 5.94. The molecular weight excluding hydrogens is 250 g/mol. The van der Waals surface area contributed by atoms with Crippen LogP contribution in [0.5, 0.6) is 5.88 Å². The Bertz CT molecular complexity index is 662. The number of rotatable bonds is 2. The van der Waals surface area contributed by atoms with Gasteiger partial charge in [0.2, 0.25) is 5.88 Å². The number of pyridine rings is 1. The van der Waals surface area contributed by atoms with E-state index >= 15 is 0 Å². The fraction of sp³-hybridized carbons (Fsp3) is 0.375. The summed E-state index contributed by atoms with van der Waals surface area (Å²) in [5, 5.41) is 10.2. The summed E-state index contributed by atoms with van der Waals surface area (Å²) in [6, 6.07) is 11.9. The second-order valence-corrected chi connectivity index (χ2v) is 5.31.